The lowest BCUT2D eigenvalue weighted by Gasteiger charge is -2.39. The predicted octanol–water partition coefficient (Wildman–Crippen LogP) is 0.814. The number of amides is 1. The van der Waals surface area contributed by atoms with E-state index in [4.69, 9.17) is 20.3 Å². The highest BCUT2D eigenvalue weighted by molar-refractivity contribution is 5.69. The summed E-state index contributed by atoms with van der Waals surface area (Å²) in [6.45, 7) is 6.53. The molecule has 2 unspecified atom stereocenters. The van der Waals surface area contributed by atoms with Gasteiger partial charge in [0.15, 0.2) is 0 Å². The van der Waals surface area contributed by atoms with Gasteiger partial charge in [0, 0.05) is 19.0 Å². The maximum Gasteiger partial charge on any atom is 0.410 e. The highest BCUT2D eigenvalue weighted by Gasteiger charge is 2.34. The van der Waals surface area contributed by atoms with Crippen molar-refractivity contribution in [3.05, 3.63) is 0 Å². The van der Waals surface area contributed by atoms with Crippen molar-refractivity contribution in [2.45, 2.75) is 51.3 Å². The number of carbonyl (C=O) groups excluding carboxylic acids is 1. The van der Waals surface area contributed by atoms with Crippen molar-refractivity contribution < 1.29 is 24.2 Å². The highest BCUT2D eigenvalue weighted by Crippen LogP contribution is 2.17. The fourth-order valence-electron chi connectivity index (χ4n) is 2.01. The van der Waals surface area contributed by atoms with Crippen LogP contribution in [0, 0.1) is 0 Å². The van der Waals surface area contributed by atoms with Crippen LogP contribution in [-0.4, -0.2) is 59.5 Å². The number of hydrogen-bond acceptors (Lipinski definition) is 5. The third-order valence-corrected chi connectivity index (χ3v) is 2.98. The summed E-state index contributed by atoms with van der Waals surface area (Å²) in [5.41, 5.74) is 5.42. The molecule has 7 heteroatoms. The summed E-state index contributed by atoms with van der Waals surface area (Å²) >= 11 is 0. The largest absolute Gasteiger partial charge is 0.481 e. The standard InChI is InChI=1S/C13H24N2O5/c1-13(2,3)20-12(18)15-6-7-19-8-10(15)9(14)4-5-11(16)17/h9-10H,4-8,14H2,1-3H3,(H,16,17). The van der Waals surface area contributed by atoms with Crippen LogP contribution >= 0.6 is 0 Å². The maximum atomic E-state index is 12.1. The van der Waals surface area contributed by atoms with E-state index in [0.29, 0.717) is 26.2 Å². The monoisotopic (exact) mass is 288 g/mol. The second-order valence-corrected chi connectivity index (χ2v) is 5.91. The molecule has 0 bridgehead atoms. The first-order valence-corrected chi connectivity index (χ1v) is 6.75. The average molecular weight is 288 g/mol. The molecule has 20 heavy (non-hydrogen) atoms. The second kappa shape index (κ2) is 6.90. The molecule has 1 aliphatic rings. The fraction of sp³-hybridized carbons (Fsp3) is 0.846. The molecule has 0 aromatic heterocycles. The number of carbonyl (C=O) groups is 2. The van der Waals surface area contributed by atoms with Crippen molar-refractivity contribution in [1.29, 1.82) is 0 Å². The molecule has 0 aromatic carbocycles. The van der Waals surface area contributed by atoms with Gasteiger partial charge in [0.2, 0.25) is 0 Å². The molecule has 1 amide bonds. The molecule has 1 aliphatic heterocycles. The third kappa shape index (κ3) is 5.34. The van der Waals surface area contributed by atoms with Gasteiger partial charge in [0.05, 0.1) is 19.3 Å². The minimum Gasteiger partial charge on any atom is -0.481 e. The van der Waals surface area contributed by atoms with Gasteiger partial charge in [-0.1, -0.05) is 0 Å². The van der Waals surface area contributed by atoms with Gasteiger partial charge < -0.3 is 20.3 Å². The zero-order chi connectivity index (χ0) is 15.3. The molecule has 0 radical (unpaired) electrons. The fourth-order valence-corrected chi connectivity index (χ4v) is 2.01. The first-order valence-electron chi connectivity index (χ1n) is 6.75. The molecule has 116 valence electrons. The first-order chi connectivity index (χ1) is 9.20. The van der Waals surface area contributed by atoms with Crippen molar-refractivity contribution >= 4 is 12.1 Å². The van der Waals surface area contributed by atoms with E-state index in [9.17, 15) is 9.59 Å². The van der Waals surface area contributed by atoms with E-state index < -0.39 is 23.7 Å². The lowest BCUT2D eigenvalue weighted by molar-refractivity contribution is -0.137. The van der Waals surface area contributed by atoms with E-state index in [2.05, 4.69) is 0 Å². The SMILES string of the molecule is CC(C)(C)OC(=O)N1CCOCC1C(N)CCC(=O)O. The van der Waals surface area contributed by atoms with Crippen LogP contribution < -0.4 is 5.73 Å². The molecular formula is C13H24N2O5. The Morgan fingerprint density at radius 3 is 2.70 bits per heavy atom. The summed E-state index contributed by atoms with van der Waals surface area (Å²) in [6.07, 6.45) is -0.167. The molecule has 0 saturated carbocycles. The normalized spacial score (nSPS) is 21.4. The van der Waals surface area contributed by atoms with E-state index in [1.54, 1.807) is 25.7 Å². The predicted molar refractivity (Wildman–Crippen MR) is 72.4 cm³/mol. The Balaban J connectivity index is 2.66. The second-order valence-electron chi connectivity index (χ2n) is 5.91. The maximum absolute atomic E-state index is 12.1. The Morgan fingerprint density at radius 2 is 2.15 bits per heavy atom. The number of hydrogen-bond donors (Lipinski definition) is 2. The highest BCUT2D eigenvalue weighted by atomic mass is 16.6. The molecule has 0 aliphatic carbocycles. The van der Waals surface area contributed by atoms with E-state index in [-0.39, 0.29) is 12.5 Å². The number of aliphatic carboxylic acids is 1. The van der Waals surface area contributed by atoms with Crippen LogP contribution in [0.1, 0.15) is 33.6 Å². The molecule has 1 rings (SSSR count). The number of ether oxygens (including phenoxy) is 2. The molecule has 1 saturated heterocycles. The molecule has 1 heterocycles. The Hall–Kier alpha value is -1.34. The summed E-state index contributed by atoms with van der Waals surface area (Å²) in [7, 11) is 0. The minimum absolute atomic E-state index is 0.0280. The average Bonchev–Trinajstić information content (AvgIpc) is 2.33. The number of rotatable bonds is 4. The van der Waals surface area contributed by atoms with Gasteiger partial charge in [-0.05, 0) is 27.2 Å². The van der Waals surface area contributed by atoms with Crippen LogP contribution in [0.5, 0.6) is 0 Å². The van der Waals surface area contributed by atoms with Gasteiger partial charge >= 0.3 is 12.1 Å². The van der Waals surface area contributed by atoms with E-state index in [1.807, 2.05) is 0 Å². The number of carboxylic acid groups (broad SMARTS) is 1. The van der Waals surface area contributed by atoms with Gasteiger partial charge in [0.25, 0.3) is 0 Å². The van der Waals surface area contributed by atoms with Gasteiger partial charge in [0.1, 0.15) is 5.60 Å². The Labute approximate surface area is 119 Å². The van der Waals surface area contributed by atoms with E-state index >= 15 is 0 Å². The number of nitrogens with two attached hydrogens (primary N) is 1. The minimum atomic E-state index is -0.902. The summed E-state index contributed by atoms with van der Waals surface area (Å²) in [5.74, 6) is -0.902. The topological polar surface area (TPSA) is 102 Å². The van der Waals surface area contributed by atoms with Gasteiger partial charge in [-0.3, -0.25) is 9.69 Å². The molecular weight excluding hydrogens is 264 g/mol. The van der Waals surface area contributed by atoms with Crippen LogP contribution in [0.25, 0.3) is 0 Å². The number of carboxylic acids is 1. The van der Waals surface area contributed by atoms with Crippen molar-refractivity contribution in [1.82, 2.24) is 4.90 Å². The van der Waals surface area contributed by atoms with Gasteiger partial charge in [-0.15, -0.1) is 0 Å². The van der Waals surface area contributed by atoms with Crippen LogP contribution in [-0.2, 0) is 14.3 Å². The molecule has 3 N–H and O–H groups in total. The van der Waals surface area contributed by atoms with Gasteiger partial charge in [-0.2, -0.15) is 0 Å². The van der Waals surface area contributed by atoms with Crippen LogP contribution in [0.15, 0.2) is 0 Å². The van der Waals surface area contributed by atoms with Crippen molar-refractivity contribution in [3.8, 4) is 0 Å². The van der Waals surface area contributed by atoms with Crippen molar-refractivity contribution in [2.75, 3.05) is 19.8 Å². The van der Waals surface area contributed by atoms with Crippen molar-refractivity contribution in [3.63, 3.8) is 0 Å². The molecule has 2 atom stereocenters. The Morgan fingerprint density at radius 1 is 1.50 bits per heavy atom. The Bertz CT molecular complexity index is 353. The summed E-state index contributed by atoms with van der Waals surface area (Å²) in [4.78, 5) is 24.3. The van der Waals surface area contributed by atoms with Crippen LogP contribution in [0.3, 0.4) is 0 Å². The van der Waals surface area contributed by atoms with E-state index in [1.165, 1.54) is 0 Å². The molecule has 0 spiro atoms. The third-order valence-electron chi connectivity index (χ3n) is 2.98. The summed E-state index contributed by atoms with van der Waals surface area (Å²) in [6, 6.07) is -0.795. The summed E-state index contributed by atoms with van der Waals surface area (Å²) in [5, 5.41) is 8.70. The summed E-state index contributed by atoms with van der Waals surface area (Å²) < 4.78 is 10.7. The molecule has 7 nitrogen and oxygen atoms in total. The van der Waals surface area contributed by atoms with E-state index in [0.717, 1.165) is 0 Å². The van der Waals surface area contributed by atoms with Crippen LogP contribution in [0.2, 0.25) is 0 Å². The zero-order valence-corrected chi connectivity index (χ0v) is 12.3. The smallest absolute Gasteiger partial charge is 0.410 e. The zero-order valence-electron chi connectivity index (χ0n) is 12.3. The molecule has 0 aromatic rings. The first kappa shape index (κ1) is 16.7. The lowest BCUT2D eigenvalue weighted by Crippen LogP contribution is -2.57. The molecule has 1 fully saturated rings. The van der Waals surface area contributed by atoms with Crippen molar-refractivity contribution in [2.24, 2.45) is 5.73 Å². The van der Waals surface area contributed by atoms with Gasteiger partial charge in [-0.25, -0.2) is 4.79 Å². The number of nitrogens with zero attached hydrogens (tertiary/aromatic N) is 1. The Kier molecular flexibility index (Phi) is 5.76. The number of morpholine rings is 1. The lowest BCUT2D eigenvalue weighted by atomic mass is 10.0. The quantitative estimate of drug-likeness (QED) is 0.794. The van der Waals surface area contributed by atoms with Crippen LogP contribution in [0.4, 0.5) is 4.79 Å².